The SMILES string of the molecule is Cl.NC1CCN(CC(=O)NC2CCCc3ccccc32)CC1. The van der Waals surface area contributed by atoms with Crippen LogP contribution in [-0.4, -0.2) is 36.5 Å². The van der Waals surface area contributed by atoms with E-state index in [1.165, 1.54) is 11.1 Å². The second-order valence-electron chi connectivity index (χ2n) is 6.32. The van der Waals surface area contributed by atoms with E-state index in [1.807, 2.05) is 0 Å². The van der Waals surface area contributed by atoms with E-state index >= 15 is 0 Å². The summed E-state index contributed by atoms with van der Waals surface area (Å²) in [4.78, 5) is 14.5. The Hall–Kier alpha value is -1.10. The number of likely N-dealkylation sites (tertiary alicyclic amines) is 1. The molecule has 1 fully saturated rings. The van der Waals surface area contributed by atoms with Gasteiger partial charge in [-0.1, -0.05) is 24.3 Å². The Morgan fingerprint density at radius 3 is 2.73 bits per heavy atom. The van der Waals surface area contributed by atoms with Crippen molar-refractivity contribution in [2.45, 2.75) is 44.2 Å². The van der Waals surface area contributed by atoms with Gasteiger partial charge in [0.15, 0.2) is 0 Å². The zero-order valence-corrected chi connectivity index (χ0v) is 13.8. The Morgan fingerprint density at radius 1 is 1.23 bits per heavy atom. The second kappa shape index (κ2) is 7.95. The van der Waals surface area contributed by atoms with Gasteiger partial charge in [0, 0.05) is 19.1 Å². The Bertz CT molecular complexity index is 500. The lowest BCUT2D eigenvalue weighted by Crippen LogP contribution is -2.45. The number of halogens is 1. The zero-order chi connectivity index (χ0) is 14.7. The van der Waals surface area contributed by atoms with Crippen LogP contribution in [0.15, 0.2) is 24.3 Å². The molecule has 0 radical (unpaired) electrons. The third-order valence-corrected chi connectivity index (χ3v) is 4.70. The highest BCUT2D eigenvalue weighted by atomic mass is 35.5. The van der Waals surface area contributed by atoms with Crippen LogP contribution >= 0.6 is 12.4 Å². The Balaban J connectivity index is 0.00000176. The third-order valence-electron chi connectivity index (χ3n) is 4.70. The zero-order valence-electron chi connectivity index (χ0n) is 13.0. The number of amides is 1. The summed E-state index contributed by atoms with van der Waals surface area (Å²) in [7, 11) is 0. The standard InChI is InChI=1S/C17H25N3O.ClH/c18-14-8-10-20(11-9-14)12-17(21)19-16-7-3-5-13-4-1-2-6-15(13)16;/h1-2,4,6,14,16H,3,5,7-12,18H2,(H,19,21);1H. The van der Waals surface area contributed by atoms with Gasteiger partial charge in [-0.2, -0.15) is 0 Å². The number of carbonyl (C=O) groups excluding carboxylic acids is 1. The van der Waals surface area contributed by atoms with Crippen molar-refractivity contribution in [3.05, 3.63) is 35.4 Å². The van der Waals surface area contributed by atoms with Crippen LogP contribution in [0.3, 0.4) is 0 Å². The molecule has 3 rings (SSSR count). The van der Waals surface area contributed by atoms with E-state index in [1.54, 1.807) is 0 Å². The molecule has 1 heterocycles. The maximum absolute atomic E-state index is 12.3. The predicted molar refractivity (Wildman–Crippen MR) is 91.2 cm³/mol. The summed E-state index contributed by atoms with van der Waals surface area (Å²) >= 11 is 0. The van der Waals surface area contributed by atoms with Crippen molar-refractivity contribution in [1.82, 2.24) is 10.2 Å². The van der Waals surface area contributed by atoms with Gasteiger partial charge in [0.05, 0.1) is 12.6 Å². The minimum atomic E-state index is 0. The van der Waals surface area contributed by atoms with E-state index < -0.39 is 0 Å². The second-order valence-corrected chi connectivity index (χ2v) is 6.32. The molecule has 3 N–H and O–H groups in total. The molecule has 4 nitrogen and oxygen atoms in total. The average Bonchev–Trinajstić information content (AvgIpc) is 2.50. The van der Waals surface area contributed by atoms with Gasteiger partial charge in [0.2, 0.25) is 5.91 Å². The first-order chi connectivity index (χ1) is 10.2. The van der Waals surface area contributed by atoms with Crippen molar-refractivity contribution in [3.8, 4) is 0 Å². The van der Waals surface area contributed by atoms with E-state index in [9.17, 15) is 4.79 Å². The molecule has 1 amide bonds. The van der Waals surface area contributed by atoms with Gasteiger partial charge in [-0.25, -0.2) is 0 Å². The molecule has 1 aliphatic heterocycles. The lowest BCUT2D eigenvalue weighted by Gasteiger charge is -2.31. The summed E-state index contributed by atoms with van der Waals surface area (Å²) < 4.78 is 0. The number of carbonyl (C=O) groups is 1. The van der Waals surface area contributed by atoms with E-state index in [2.05, 4.69) is 34.5 Å². The molecule has 1 aliphatic carbocycles. The lowest BCUT2D eigenvalue weighted by molar-refractivity contribution is -0.123. The molecule has 1 aromatic carbocycles. The fourth-order valence-electron chi connectivity index (χ4n) is 3.46. The molecule has 5 heteroatoms. The van der Waals surface area contributed by atoms with Crippen molar-refractivity contribution in [1.29, 1.82) is 0 Å². The summed E-state index contributed by atoms with van der Waals surface area (Å²) in [6.07, 6.45) is 5.33. The molecule has 1 saturated heterocycles. The first-order valence-electron chi connectivity index (χ1n) is 8.07. The molecule has 0 spiro atoms. The van der Waals surface area contributed by atoms with E-state index in [4.69, 9.17) is 5.73 Å². The van der Waals surface area contributed by atoms with Crippen LogP contribution in [0.2, 0.25) is 0 Å². The molecule has 0 aromatic heterocycles. The summed E-state index contributed by atoms with van der Waals surface area (Å²) in [5.74, 6) is 0.146. The van der Waals surface area contributed by atoms with Gasteiger partial charge < -0.3 is 11.1 Å². The quantitative estimate of drug-likeness (QED) is 0.894. The number of nitrogens with one attached hydrogen (secondary N) is 1. The Kier molecular flexibility index (Phi) is 6.24. The minimum absolute atomic E-state index is 0. The maximum atomic E-state index is 12.3. The van der Waals surface area contributed by atoms with Crippen molar-refractivity contribution >= 4 is 18.3 Å². The largest absolute Gasteiger partial charge is 0.348 e. The number of piperidine rings is 1. The Labute approximate surface area is 138 Å². The summed E-state index contributed by atoms with van der Waals surface area (Å²) in [5.41, 5.74) is 8.59. The molecule has 1 atom stereocenters. The van der Waals surface area contributed by atoms with Gasteiger partial charge in [0.25, 0.3) is 0 Å². The number of nitrogens with zero attached hydrogens (tertiary/aromatic N) is 1. The van der Waals surface area contributed by atoms with Crippen LogP contribution in [0, 0.1) is 0 Å². The topological polar surface area (TPSA) is 58.4 Å². The fraction of sp³-hybridized carbons (Fsp3) is 0.588. The van der Waals surface area contributed by atoms with Crippen LogP contribution < -0.4 is 11.1 Å². The van der Waals surface area contributed by atoms with Gasteiger partial charge in [-0.05, 0) is 43.2 Å². The number of aryl methyl sites for hydroxylation is 1. The van der Waals surface area contributed by atoms with Crippen LogP contribution in [0.1, 0.15) is 42.9 Å². The molecule has 2 aliphatic rings. The molecular weight excluding hydrogens is 298 g/mol. The fourth-order valence-corrected chi connectivity index (χ4v) is 3.46. The van der Waals surface area contributed by atoms with Crippen molar-refractivity contribution < 1.29 is 4.79 Å². The van der Waals surface area contributed by atoms with E-state index in [0.717, 1.165) is 45.2 Å². The molecular formula is C17H26ClN3O. The van der Waals surface area contributed by atoms with Crippen molar-refractivity contribution in [2.24, 2.45) is 5.73 Å². The van der Waals surface area contributed by atoms with Gasteiger partial charge in [0.1, 0.15) is 0 Å². The monoisotopic (exact) mass is 323 g/mol. The van der Waals surface area contributed by atoms with Gasteiger partial charge in [-0.15, -0.1) is 12.4 Å². The number of nitrogens with two attached hydrogens (primary N) is 1. The maximum Gasteiger partial charge on any atom is 0.234 e. The number of benzene rings is 1. The van der Waals surface area contributed by atoms with Crippen molar-refractivity contribution in [2.75, 3.05) is 19.6 Å². The number of hydrogen-bond acceptors (Lipinski definition) is 3. The summed E-state index contributed by atoms with van der Waals surface area (Å²) in [6.45, 7) is 2.39. The lowest BCUT2D eigenvalue weighted by atomic mass is 9.88. The Morgan fingerprint density at radius 2 is 1.95 bits per heavy atom. The van der Waals surface area contributed by atoms with Gasteiger partial charge >= 0.3 is 0 Å². The molecule has 0 saturated carbocycles. The third kappa shape index (κ3) is 4.22. The van der Waals surface area contributed by atoms with Crippen LogP contribution in [0.25, 0.3) is 0 Å². The molecule has 1 aromatic rings. The van der Waals surface area contributed by atoms with E-state index in [-0.39, 0.29) is 24.4 Å². The van der Waals surface area contributed by atoms with Crippen LogP contribution in [0.4, 0.5) is 0 Å². The predicted octanol–water partition coefficient (Wildman–Crippen LogP) is 2.03. The highest BCUT2D eigenvalue weighted by molar-refractivity contribution is 5.85. The van der Waals surface area contributed by atoms with Gasteiger partial charge in [-0.3, -0.25) is 9.69 Å². The minimum Gasteiger partial charge on any atom is -0.348 e. The number of rotatable bonds is 3. The molecule has 1 unspecified atom stereocenters. The first kappa shape index (κ1) is 17.3. The van der Waals surface area contributed by atoms with Crippen LogP contribution in [-0.2, 0) is 11.2 Å². The average molecular weight is 324 g/mol. The van der Waals surface area contributed by atoms with Crippen LogP contribution in [0.5, 0.6) is 0 Å². The number of hydrogen-bond donors (Lipinski definition) is 2. The molecule has 22 heavy (non-hydrogen) atoms. The molecule has 0 bridgehead atoms. The summed E-state index contributed by atoms with van der Waals surface area (Å²) in [5, 5.41) is 3.22. The normalized spacial score (nSPS) is 22.5. The number of fused-ring (bicyclic) bond motifs is 1. The van der Waals surface area contributed by atoms with Crippen molar-refractivity contribution in [3.63, 3.8) is 0 Å². The smallest absolute Gasteiger partial charge is 0.234 e. The summed E-state index contributed by atoms with van der Waals surface area (Å²) in [6, 6.07) is 8.98. The van der Waals surface area contributed by atoms with E-state index in [0.29, 0.717) is 12.6 Å². The first-order valence-corrected chi connectivity index (χ1v) is 8.07. The highest BCUT2D eigenvalue weighted by Crippen LogP contribution is 2.29. The highest BCUT2D eigenvalue weighted by Gasteiger charge is 2.23. The molecule has 122 valence electrons.